The van der Waals surface area contributed by atoms with Gasteiger partial charge in [-0.1, -0.05) is 6.92 Å². The molecule has 0 aliphatic carbocycles. The molecule has 1 N–H and O–H groups in total. The van der Waals surface area contributed by atoms with Crippen LogP contribution in [0.5, 0.6) is 0 Å². The van der Waals surface area contributed by atoms with Gasteiger partial charge < -0.3 is 9.84 Å². The minimum absolute atomic E-state index is 0.588. The third-order valence-corrected chi connectivity index (χ3v) is 0.514. The quantitative estimate of drug-likeness (QED) is 0.529. The van der Waals surface area contributed by atoms with Gasteiger partial charge in [-0.05, 0) is 6.42 Å². The second kappa shape index (κ2) is 4.09. The van der Waals surface area contributed by atoms with E-state index in [9.17, 15) is 0 Å². The Kier molecular flexibility index (Phi) is 4.04. The molecule has 0 bridgehead atoms. The Hall–Kier alpha value is -0.0800. The predicted molar refractivity (Wildman–Crippen MR) is 27.6 cm³/mol. The van der Waals surface area contributed by atoms with Crippen LogP contribution in [-0.2, 0) is 4.74 Å². The lowest BCUT2D eigenvalue weighted by atomic mass is 10.5. The SMILES string of the molecule is [CH2]C(O)OCCC. The second-order valence-electron chi connectivity index (χ2n) is 1.33. The first-order chi connectivity index (χ1) is 3.27. The number of rotatable bonds is 3. The van der Waals surface area contributed by atoms with Crippen molar-refractivity contribution in [3.05, 3.63) is 6.92 Å². The summed E-state index contributed by atoms with van der Waals surface area (Å²) in [6, 6.07) is 0. The van der Waals surface area contributed by atoms with Gasteiger partial charge in [0.15, 0.2) is 6.29 Å². The van der Waals surface area contributed by atoms with Gasteiger partial charge in [-0.15, -0.1) is 0 Å². The Bertz CT molecular complexity index is 35.1. The molecule has 1 atom stereocenters. The molecule has 0 saturated heterocycles. The zero-order valence-electron chi connectivity index (χ0n) is 4.55. The Morgan fingerprint density at radius 2 is 2.43 bits per heavy atom. The Morgan fingerprint density at radius 3 is 2.57 bits per heavy atom. The summed E-state index contributed by atoms with van der Waals surface area (Å²) in [5.74, 6) is 0. The molecule has 0 spiro atoms. The first-order valence-corrected chi connectivity index (χ1v) is 2.40. The fourth-order valence-electron chi connectivity index (χ4n) is 0.254. The topological polar surface area (TPSA) is 29.5 Å². The molecule has 0 amide bonds. The van der Waals surface area contributed by atoms with Crippen molar-refractivity contribution in [2.24, 2.45) is 0 Å². The van der Waals surface area contributed by atoms with Crippen molar-refractivity contribution in [2.45, 2.75) is 19.6 Å². The van der Waals surface area contributed by atoms with Gasteiger partial charge in [-0.2, -0.15) is 0 Å². The van der Waals surface area contributed by atoms with E-state index in [-0.39, 0.29) is 0 Å². The standard InChI is InChI=1S/C5H11O2/c1-3-4-7-5(2)6/h5-6H,2-4H2,1H3. The molecule has 1 unspecified atom stereocenters. The normalized spacial score (nSPS) is 14.1. The van der Waals surface area contributed by atoms with Gasteiger partial charge in [-0.3, -0.25) is 0 Å². The molecule has 43 valence electrons. The third kappa shape index (κ3) is 5.92. The van der Waals surface area contributed by atoms with Crippen LogP contribution >= 0.6 is 0 Å². The Balaban J connectivity index is 2.68. The molecule has 0 fully saturated rings. The molecule has 0 aliphatic heterocycles. The highest BCUT2D eigenvalue weighted by Gasteiger charge is 1.88. The zero-order chi connectivity index (χ0) is 5.70. The summed E-state index contributed by atoms with van der Waals surface area (Å²) in [5, 5.41) is 8.35. The van der Waals surface area contributed by atoms with Gasteiger partial charge in [-0.25, -0.2) is 0 Å². The summed E-state index contributed by atoms with van der Waals surface area (Å²) >= 11 is 0. The molecule has 1 radical (unpaired) electrons. The fraction of sp³-hybridized carbons (Fsp3) is 0.800. The maximum atomic E-state index is 8.35. The summed E-state index contributed by atoms with van der Waals surface area (Å²) in [7, 11) is 0. The van der Waals surface area contributed by atoms with Gasteiger partial charge >= 0.3 is 0 Å². The number of aliphatic hydroxyl groups excluding tert-OH is 1. The maximum absolute atomic E-state index is 8.35. The largest absolute Gasteiger partial charge is 0.368 e. The molecule has 0 rings (SSSR count). The molecule has 0 aliphatic rings. The number of hydrogen-bond acceptors (Lipinski definition) is 2. The minimum Gasteiger partial charge on any atom is -0.368 e. The van der Waals surface area contributed by atoms with Gasteiger partial charge in [0.2, 0.25) is 0 Å². The first-order valence-electron chi connectivity index (χ1n) is 2.40. The van der Waals surface area contributed by atoms with Crippen molar-refractivity contribution in [3.8, 4) is 0 Å². The molecule has 0 heterocycles. The number of hydrogen-bond donors (Lipinski definition) is 1. The summed E-state index contributed by atoms with van der Waals surface area (Å²) in [4.78, 5) is 0. The lowest BCUT2D eigenvalue weighted by Gasteiger charge is -2.01. The molecule has 0 aromatic rings. The van der Waals surface area contributed by atoms with Gasteiger partial charge in [0.05, 0.1) is 0 Å². The monoisotopic (exact) mass is 103 g/mol. The average Bonchev–Trinajstić information content (AvgIpc) is 1.61. The van der Waals surface area contributed by atoms with Crippen LogP contribution in [0, 0.1) is 6.92 Å². The predicted octanol–water partition coefficient (Wildman–Crippen LogP) is 0.565. The van der Waals surface area contributed by atoms with E-state index >= 15 is 0 Å². The van der Waals surface area contributed by atoms with Crippen LogP contribution in [0.1, 0.15) is 13.3 Å². The Labute approximate surface area is 44.1 Å². The van der Waals surface area contributed by atoms with E-state index in [0.29, 0.717) is 6.61 Å². The van der Waals surface area contributed by atoms with Crippen molar-refractivity contribution in [3.63, 3.8) is 0 Å². The molecule has 2 nitrogen and oxygen atoms in total. The van der Waals surface area contributed by atoms with Crippen molar-refractivity contribution in [1.29, 1.82) is 0 Å². The van der Waals surface area contributed by atoms with Crippen molar-refractivity contribution >= 4 is 0 Å². The first kappa shape index (κ1) is 6.92. The van der Waals surface area contributed by atoms with E-state index in [1.165, 1.54) is 0 Å². The lowest BCUT2D eigenvalue weighted by Crippen LogP contribution is -2.06. The summed E-state index contributed by atoms with van der Waals surface area (Å²) in [5.41, 5.74) is 0. The number of aliphatic hydroxyl groups is 1. The van der Waals surface area contributed by atoms with Crippen molar-refractivity contribution in [2.75, 3.05) is 6.61 Å². The van der Waals surface area contributed by atoms with Gasteiger partial charge in [0.25, 0.3) is 0 Å². The molecule has 7 heavy (non-hydrogen) atoms. The van der Waals surface area contributed by atoms with E-state index < -0.39 is 6.29 Å². The summed E-state index contributed by atoms with van der Waals surface area (Å²) in [6.07, 6.45) is 0.0759. The fourth-order valence-corrected chi connectivity index (χ4v) is 0.254. The molecule has 0 aromatic heterocycles. The van der Waals surface area contributed by atoms with Crippen molar-refractivity contribution < 1.29 is 9.84 Å². The third-order valence-electron chi connectivity index (χ3n) is 0.514. The van der Waals surface area contributed by atoms with Crippen LogP contribution in [0.25, 0.3) is 0 Å². The van der Waals surface area contributed by atoms with Crippen LogP contribution in [-0.4, -0.2) is 18.0 Å². The highest BCUT2D eigenvalue weighted by molar-refractivity contribution is 4.37. The summed E-state index contributed by atoms with van der Waals surface area (Å²) in [6.45, 7) is 5.77. The second-order valence-corrected chi connectivity index (χ2v) is 1.33. The van der Waals surface area contributed by atoms with E-state index in [0.717, 1.165) is 6.42 Å². The lowest BCUT2D eigenvalue weighted by molar-refractivity contribution is -0.0658. The highest BCUT2D eigenvalue weighted by Crippen LogP contribution is 1.83. The minimum atomic E-state index is -0.847. The molecule has 0 aromatic carbocycles. The van der Waals surface area contributed by atoms with E-state index in [2.05, 4.69) is 11.7 Å². The molecule has 2 heteroatoms. The van der Waals surface area contributed by atoms with Crippen LogP contribution in [0.3, 0.4) is 0 Å². The van der Waals surface area contributed by atoms with Crippen molar-refractivity contribution in [1.82, 2.24) is 0 Å². The van der Waals surface area contributed by atoms with Gasteiger partial charge in [0, 0.05) is 13.5 Å². The Morgan fingerprint density at radius 1 is 1.86 bits per heavy atom. The van der Waals surface area contributed by atoms with E-state index in [1.54, 1.807) is 0 Å². The maximum Gasteiger partial charge on any atom is 0.154 e. The van der Waals surface area contributed by atoms with Crippen LogP contribution in [0.4, 0.5) is 0 Å². The zero-order valence-corrected chi connectivity index (χ0v) is 4.55. The number of ether oxygens (including phenoxy) is 1. The molecule has 0 saturated carbocycles. The van der Waals surface area contributed by atoms with Gasteiger partial charge in [0.1, 0.15) is 0 Å². The smallest absolute Gasteiger partial charge is 0.154 e. The highest BCUT2D eigenvalue weighted by atomic mass is 16.6. The summed E-state index contributed by atoms with van der Waals surface area (Å²) < 4.78 is 4.64. The van der Waals surface area contributed by atoms with Crippen LogP contribution in [0.2, 0.25) is 0 Å². The average molecular weight is 103 g/mol. The van der Waals surface area contributed by atoms with Crippen LogP contribution < -0.4 is 0 Å². The van der Waals surface area contributed by atoms with E-state index in [4.69, 9.17) is 5.11 Å². The molecular formula is C5H11O2. The molecular weight excluding hydrogens is 92.1 g/mol. The van der Waals surface area contributed by atoms with E-state index in [1.807, 2.05) is 6.92 Å². The van der Waals surface area contributed by atoms with Crippen LogP contribution in [0.15, 0.2) is 0 Å².